The average molecular weight is 299 g/mol. The van der Waals surface area contributed by atoms with Crippen molar-refractivity contribution in [2.45, 2.75) is 104 Å². The maximum absolute atomic E-state index is 11.1. The van der Waals surface area contributed by atoms with Gasteiger partial charge < -0.3 is 4.74 Å². The molecule has 0 fully saturated rings. The lowest BCUT2D eigenvalue weighted by Crippen LogP contribution is -2.06. The van der Waals surface area contributed by atoms with E-state index in [9.17, 15) is 4.79 Å². The SMILES string of the molecule is CCCCCCCCCCCCCCC(C)CC(=O)OC. The van der Waals surface area contributed by atoms with Crippen molar-refractivity contribution >= 4 is 5.97 Å². The molecule has 0 aliphatic carbocycles. The molecule has 0 aromatic heterocycles. The highest BCUT2D eigenvalue weighted by Gasteiger charge is 2.08. The predicted molar refractivity (Wildman–Crippen MR) is 91.5 cm³/mol. The number of rotatable bonds is 15. The molecular formula is C19H38O2. The largest absolute Gasteiger partial charge is 0.469 e. The molecule has 0 bridgehead atoms. The van der Waals surface area contributed by atoms with E-state index in [0.717, 1.165) is 6.42 Å². The zero-order valence-corrected chi connectivity index (χ0v) is 14.8. The van der Waals surface area contributed by atoms with Gasteiger partial charge in [-0.25, -0.2) is 0 Å². The van der Waals surface area contributed by atoms with E-state index in [2.05, 4.69) is 13.8 Å². The smallest absolute Gasteiger partial charge is 0.305 e. The fourth-order valence-electron chi connectivity index (χ4n) is 2.80. The molecule has 126 valence electrons. The Bertz CT molecular complexity index is 226. The van der Waals surface area contributed by atoms with E-state index in [0.29, 0.717) is 12.3 Å². The third-order valence-corrected chi connectivity index (χ3v) is 4.29. The summed E-state index contributed by atoms with van der Waals surface area (Å²) >= 11 is 0. The Morgan fingerprint density at radius 1 is 0.810 bits per heavy atom. The molecule has 0 aromatic rings. The molecule has 0 aliphatic rings. The Labute approximate surface area is 133 Å². The van der Waals surface area contributed by atoms with Gasteiger partial charge in [0, 0.05) is 6.42 Å². The third kappa shape index (κ3) is 15.7. The summed E-state index contributed by atoms with van der Waals surface area (Å²) in [7, 11) is 1.47. The van der Waals surface area contributed by atoms with Gasteiger partial charge >= 0.3 is 5.97 Å². The molecular weight excluding hydrogens is 260 g/mol. The lowest BCUT2D eigenvalue weighted by atomic mass is 9.99. The van der Waals surface area contributed by atoms with Gasteiger partial charge in [0.1, 0.15) is 0 Å². The predicted octanol–water partition coefficient (Wildman–Crippen LogP) is 6.28. The van der Waals surface area contributed by atoms with Crippen LogP contribution in [0.2, 0.25) is 0 Å². The topological polar surface area (TPSA) is 26.3 Å². The van der Waals surface area contributed by atoms with Gasteiger partial charge in [0.25, 0.3) is 0 Å². The van der Waals surface area contributed by atoms with Crippen LogP contribution in [0.4, 0.5) is 0 Å². The van der Waals surface area contributed by atoms with Gasteiger partial charge in [-0.3, -0.25) is 4.79 Å². The molecule has 0 heterocycles. The van der Waals surface area contributed by atoms with Crippen molar-refractivity contribution in [1.82, 2.24) is 0 Å². The lowest BCUT2D eigenvalue weighted by molar-refractivity contribution is -0.141. The van der Waals surface area contributed by atoms with Crippen LogP contribution in [0.25, 0.3) is 0 Å². The van der Waals surface area contributed by atoms with E-state index < -0.39 is 0 Å². The van der Waals surface area contributed by atoms with Crippen molar-refractivity contribution in [3.05, 3.63) is 0 Å². The Balaban J connectivity index is 3.13. The summed E-state index contributed by atoms with van der Waals surface area (Å²) in [5, 5.41) is 0. The number of esters is 1. The molecule has 1 atom stereocenters. The molecule has 0 saturated carbocycles. The van der Waals surface area contributed by atoms with Crippen LogP contribution in [0.5, 0.6) is 0 Å². The molecule has 0 rings (SSSR count). The normalized spacial score (nSPS) is 12.3. The molecule has 1 unspecified atom stereocenters. The first-order valence-electron chi connectivity index (χ1n) is 9.27. The second-order valence-electron chi connectivity index (χ2n) is 6.56. The molecule has 0 amide bonds. The Morgan fingerprint density at radius 2 is 1.24 bits per heavy atom. The summed E-state index contributed by atoms with van der Waals surface area (Å²) in [5.74, 6) is 0.405. The Hall–Kier alpha value is -0.530. The van der Waals surface area contributed by atoms with Gasteiger partial charge in [0.2, 0.25) is 0 Å². The number of ether oxygens (including phenoxy) is 1. The second-order valence-corrected chi connectivity index (χ2v) is 6.56. The highest BCUT2D eigenvalue weighted by Crippen LogP contribution is 2.16. The minimum atomic E-state index is -0.0681. The number of hydrogen-bond donors (Lipinski definition) is 0. The van der Waals surface area contributed by atoms with E-state index in [1.54, 1.807) is 0 Å². The maximum Gasteiger partial charge on any atom is 0.305 e. The van der Waals surface area contributed by atoms with Crippen LogP contribution in [-0.2, 0) is 9.53 Å². The van der Waals surface area contributed by atoms with Crippen LogP contribution in [-0.4, -0.2) is 13.1 Å². The van der Waals surface area contributed by atoms with Crippen molar-refractivity contribution in [1.29, 1.82) is 0 Å². The second kappa shape index (κ2) is 15.9. The minimum absolute atomic E-state index is 0.0681. The molecule has 0 radical (unpaired) electrons. The summed E-state index contributed by atoms with van der Waals surface area (Å²) < 4.78 is 4.70. The first kappa shape index (κ1) is 20.5. The minimum Gasteiger partial charge on any atom is -0.469 e. The van der Waals surface area contributed by atoms with Crippen LogP contribution in [0, 0.1) is 5.92 Å². The van der Waals surface area contributed by atoms with Crippen molar-refractivity contribution < 1.29 is 9.53 Å². The fraction of sp³-hybridized carbons (Fsp3) is 0.947. The van der Waals surface area contributed by atoms with Gasteiger partial charge in [-0.2, -0.15) is 0 Å². The molecule has 0 aliphatic heterocycles. The van der Waals surface area contributed by atoms with Gasteiger partial charge in [-0.15, -0.1) is 0 Å². The number of methoxy groups -OCH3 is 1. The molecule has 0 N–H and O–H groups in total. The third-order valence-electron chi connectivity index (χ3n) is 4.29. The zero-order chi connectivity index (χ0) is 15.8. The van der Waals surface area contributed by atoms with Gasteiger partial charge in [-0.1, -0.05) is 97.3 Å². The summed E-state index contributed by atoms with van der Waals surface area (Å²) in [6.45, 7) is 4.42. The molecule has 21 heavy (non-hydrogen) atoms. The Morgan fingerprint density at radius 3 is 1.67 bits per heavy atom. The van der Waals surface area contributed by atoms with E-state index >= 15 is 0 Å². The van der Waals surface area contributed by atoms with E-state index in [1.165, 1.54) is 84.2 Å². The van der Waals surface area contributed by atoms with Crippen LogP contribution in [0.3, 0.4) is 0 Å². The summed E-state index contributed by atoms with van der Waals surface area (Å²) in [6, 6.07) is 0. The average Bonchev–Trinajstić information content (AvgIpc) is 2.48. The molecule has 2 nitrogen and oxygen atoms in total. The first-order valence-corrected chi connectivity index (χ1v) is 9.27. The standard InChI is InChI=1S/C19H38O2/c1-4-5-6-7-8-9-10-11-12-13-14-15-16-18(2)17-19(20)21-3/h18H,4-17H2,1-3H3. The highest BCUT2D eigenvalue weighted by molar-refractivity contribution is 5.69. The maximum atomic E-state index is 11.1. The van der Waals surface area contributed by atoms with E-state index in [4.69, 9.17) is 4.74 Å². The van der Waals surface area contributed by atoms with Crippen LogP contribution in [0.1, 0.15) is 104 Å². The molecule has 0 saturated heterocycles. The molecule has 0 spiro atoms. The molecule has 0 aromatic carbocycles. The lowest BCUT2D eigenvalue weighted by Gasteiger charge is -2.09. The van der Waals surface area contributed by atoms with Crippen LogP contribution >= 0.6 is 0 Å². The van der Waals surface area contributed by atoms with Gasteiger partial charge in [0.05, 0.1) is 7.11 Å². The number of carbonyl (C=O) groups is 1. The quantitative estimate of drug-likeness (QED) is 0.263. The highest BCUT2D eigenvalue weighted by atomic mass is 16.5. The first-order chi connectivity index (χ1) is 10.2. The van der Waals surface area contributed by atoms with Crippen molar-refractivity contribution in [2.24, 2.45) is 5.92 Å². The monoisotopic (exact) mass is 298 g/mol. The Kier molecular flexibility index (Phi) is 15.5. The van der Waals surface area contributed by atoms with Crippen LogP contribution < -0.4 is 0 Å². The zero-order valence-electron chi connectivity index (χ0n) is 14.8. The van der Waals surface area contributed by atoms with Crippen molar-refractivity contribution in [2.75, 3.05) is 7.11 Å². The molecule has 2 heteroatoms. The van der Waals surface area contributed by atoms with Crippen molar-refractivity contribution in [3.63, 3.8) is 0 Å². The van der Waals surface area contributed by atoms with Gasteiger partial charge in [-0.05, 0) is 5.92 Å². The van der Waals surface area contributed by atoms with E-state index in [1.807, 2.05) is 0 Å². The number of carbonyl (C=O) groups excluding carboxylic acids is 1. The van der Waals surface area contributed by atoms with Gasteiger partial charge in [0.15, 0.2) is 0 Å². The summed E-state index contributed by atoms with van der Waals surface area (Å²) in [6.07, 6.45) is 18.4. The summed E-state index contributed by atoms with van der Waals surface area (Å²) in [4.78, 5) is 11.1. The summed E-state index contributed by atoms with van der Waals surface area (Å²) in [5.41, 5.74) is 0. The van der Waals surface area contributed by atoms with Crippen molar-refractivity contribution in [3.8, 4) is 0 Å². The number of unbranched alkanes of at least 4 members (excludes halogenated alkanes) is 11. The van der Waals surface area contributed by atoms with Crippen LogP contribution in [0.15, 0.2) is 0 Å². The number of hydrogen-bond acceptors (Lipinski definition) is 2. The van der Waals surface area contributed by atoms with E-state index in [-0.39, 0.29) is 5.97 Å². The fourth-order valence-corrected chi connectivity index (χ4v) is 2.80.